The zero-order chi connectivity index (χ0) is 22.7. The molecule has 2 aromatic rings. The van der Waals surface area contributed by atoms with Crippen LogP contribution in [0.1, 0.15) is 62.5 Å². The van der Waals surface area contributed by atoms with Gasteiger partial charge < -0.3 is 5.32 Å². The van der Waals surface area contributed by atoms with Crippen molar-refractivity contribution in [3.05, 3.63) is 65.5 Å². The summed E-state index contributed by atoms with van der Waals surface area (Å²) in [6.07, 6.45) is 9.34. The maximum atomic E-state index is 13.3. The van der Waals surface area contributed by atoms with Crippen LogP contribution in [0.15, 0.2) is 53.4 Å². The van der Waals surface area contributed by atoms with Crippen LogP contribution in [-0.2, 0) is 21.0 Å². The van der Waals surface area contributed by atoms with Crippen molar-refractivity contribution >= 4 is 20.0 Å². The van der Waals surface area contributed by atoms with E-state index in [0.717, 1.165) is 18.8 Å². The molecule has 1 fully saturated rings. The fourth-order valence-electron chi connectivity index (χ4n) is 4.57. The maximum Gasteiger partial charge on any atom is 0.694 e. The van der Waals surface area contributed by atoms with Gasteiger partial charge in [-0.15, -0.1) is 21.2 Å². The molecule has 1 aliphatic rings. The van der Waals surface area contributed by atoms with Crippen molar-refractivity contribution in [2.45, 2.75) is 68.2 Å². The summed E-state index contributed by atoms with van der Waals surface area (Å²) in [5.41, 5.74) is 2.81. The zero-order valence-corrected chi connectivity index (χ0v) is 20.3. The lowest BCUT2D eigenvalue weighted by atomic mass is 9.75. The highest BCUT2D eigenvalue weighted by molar-refractivity contribution is 7.99. The van der Waals surface area contributed by atoms with Crippen LogP contribution in [0.4, 0.5) is 4.39 Å². The van der Waals surface area contributed by atoms with E-state index in [1.54, 1.807) is 12.1 Å². The van der Waals surface area contributed by atoms with Crippen molar-refractivity contribution in [2.75, 3.05) is 18.9 Å². The number of hydrogen-bond donors (Lipinski definition) is 2. The molecule has 2 aromatic carbocycles. The number of halogens is 1. The largest absolute Gasteiger partial charge is 0.694 e. The third-order valence-electron chi connectivity index (χ3n) is 6.29. The molecule has 32 heavy (non-hydrogen) atoms. The van der Waals surface area contributed by atoms with Crippen molar-refractivity contribution in [1.29, 1.82) is 0 Å². The van der Waals surface area contributed by atoms with E-state index in [9.17, 15) is 8.96 Å². The van der Waals surface area contributed by atoms with E-state index in [2.05, 4.69) is 34.1 Å². The fraction of sp³-hybridized carbons (Fsp3) is 0.520. The third kappa shape index (κ3) is 8.24. The van der Waals surface area contributed by atoms with Gasteiger partial charge >= 0.3 is 8.25 Å². The van der Waals surface area contributed by atoms with Crippen molar-refractivity contribution in [2.24, 2.45) is 0 Å². The average molecular weight is 479 g/mol. The highest BCUT2D eigenvalue weighted by Gasteiger charge is 2.34. The van der Waals surface area contributed by atoms with Gasteiger partial charge in [-0.3, -0.25) is 0 Å². The monoisotopic (exact) mass is 478 g/mol. The molecule has 174 valence electrons. The Balaban J connectivity index is 1.33. The van der Waals surface area contributed by atoms with Gasteiger partial charge in [0, 0.05) is 16.0 Å². The topological polar surface area (TPSA) is 58.6 Å². The maximum absolute atomic E-state index is 13.3. The van der Waals surface area contributed by atoms with E-state index in [0.29, 0.717) is 13.0 Å². The lowest BCUT2D eigenvalue weighted by molar-refractivity contribution is 0.276. The van der Waals surface area contributed by atoms with Gasteiger partial charge in [0.25, 0.3) is 0 Å². The van der Waals surface area contributed by atoms with Gasteiger partial charge in [0.2, 0.25) is 0 Å². The van der Waals surface area contributed by atoms with E-state index in [-0.39, 0.29) is 11.2 Å². The van der Waals surface area contributed by atoms with Crippen LogP contribution in [0.2, 0.25) is 0 Å². The van der Waals surface area contributed by atoms with Crippen LogP contribution in [0.5, 0.6) is 0 Å². The molecule has 0 radical (unpaired) electrons. The molecule has 1 saturated carbocycles. The molecule has 1 atom stereocenters. The minimum atomic E-state index is -2.49. The molecule has 3 rings (SSSR count). The number of thioether (sulfide) groups is 1. The Kier molecular flexibility index (Phi) is 10.6. The molecule has 0 saturated heterocycles. The molecule has 0 aliphatic heterocycles. The van der Waals surface area contributed by atoms with E-state index in [4.69, 9.17) is 4.89 Å². The second-order valence-electron chi connectivity index (χ2n) is 8.55. The van der Waals surface area contributed by atoms with Crippen LogP contribution in [-0.4, -0.2) is 23.8 Å². The summed E-state index contributed by atoms with van der Waals surface area (Å²) in [6, 6.07) is 15.9. The van der Waals surface area contributed by atoms with Crippen molar-refractivity contribution in [3.63, 3.8) is 0 Å². The van der Waals surface area contributed by atoms with Crippen molar-refractivity contribution in [1.82, 2.24) is 5.32 Å². The third-order valence-corrected chi connectivity index (χ3v) is 7.79. The second kappa shape index (κ2) is 13.4. The minimum absolute atomic E-state index is 0.146. The van der Waals surface area contributed by atoms with Crippen LogP contribution < -0.4 is 5.32 Å². The fourth-order valence-corrected chi connectivity index (χ4v) is 5.77. The van der Waals surface area contributed by atoms with Crippen molar-refractivity contribution in [3.8, 4) is 0 Å². The summed E-state index contributed by atoms with van der Waals surface area (Å²) >= 11 is 1.91. The number of unbranched alkanes of at least 4 members (excludes halogenated alkanes) is 1. The van der Waals surface area contributed by atoms with Gasteiger partial charge in [0.15, 0.2) is 0 Å². The number of benzene rings is 2. The molecule has 0 spiro atoms. The molecule has 4 nitrogen and oxygen atoms in total. The summed E-state index contributed by atoms with van der Waals surface area (Å²) in [5, 5.41) is 3.32. The summed E-state index contributed by atoms with van der Waals surface area (Å²) in [6.45, 7) is 1.82. The Morgan fingerprint density at radius 2 is 1.75 bits per heavy atom. The number of rotatable bonds is 14. The molecule has 7 heteroatoms. The van der Waals surface area contributed by atoms with Gasteiger partial charge in [-0.25, -0.2) is 4.39 Å². The van der Waals surface area contributed by atoms with Gasteiger partial charge in [-0.1, -0.05) is 43.5 Å². The first kappa shape index (κ1) is 25.3. The zero-order valence-electron chi connectivity index (χ0n) is 18.6. The van der Waals surface area contributed by atoms with Gasteiger partial charge in [0.05, 0.1) is 0 Å². The molecule has 0 heterocycles. The van der Waals surface area contributed by atoms with E-state index < -0.39 is 8.25 Å². The highest BCUT2D eigenvalue weighted by Crippen LogP contribution is 2.45. The van der Waals surface area contributed by atoms with E-state index in [1.165, 1.54) is 61.0 Å². The Bertz CT molecular complexity index is 826. The SMILES string of the molecule is O=[P+](O)OCCCNCc1ccc(SCCCCC2(c3ccc(F)cc3)CCCC2)cc1. The van der Waals surface area contributed by atoms with Crippen LogP contribution >= 0.6 is 20.0 Å². The summed E-state index contributed by atoms with van der Waals surface area (Å²) in [4.78, 5) is 9.87. The highest BCUT2D eigenvalue weighted by atomic mass is 32.2. The van der Waals surface area contributed by atoms with Crippen LogP contribution in [0.25, 0.3) is 0 Å². The van der Waals surface area contributed by atoms with Gasteiger partial charge in [0.1, 0.15) is 12.4 Å². The van der Waals surface area contributed by atoms with Gasteiger partial charge in [-0.05, 0) is 85.2 Å². The molecule has 1 aliphatic carbocycles. The van der Waals surface area contributed by atoms with Crippen LogP contribution in [0.3, 0.4) is 0 Å². The Hall–Kier alpha value is -1.30. The second-order valence-corrected chi connectivity index (χ2v) is 10.4. The minimum Gasteiger partial charge on any atom is -0.313 e. The number of hydrogen-bond acceptors (Lipinski definition) is 4. The number of nitrogens with one attached hydrogen (secondary N) is 1. The molecular formula is C25H34FNO3PS+. The molecule has 1 unspecified atom stereocenters. The standard InChI is InChI=1S/C25H33FNO3PS/c26-23-10-8-22(9-11-23)25(14-1-2-15-25)16-3-4-19-32-24-12-6-21(7-13-24)20-27-17-5-18-30-31(28)29/h6-13,27H,1-5,14-20H2/p+1. The van der Waals surface area contributed by atoms with E-state index in [1.807, 2.05) is 23.9 Å². The lowest BCUT2D eigenvalue weighted by Crippen LogP contribution is -2.22. The molecule has 0 aromatic heterocycles. The normalized spacial score (nSPS) is 15.8. The molecule has 0 bridgehead atoms. The molecule has 2 N–H and O–H groups in total. The van der Waals surface area contributed by atoms with Gasteiger partial charge in [-0.2, -0.15) is 0 Å². The predicted molar refractivity (Wildman–Crippen MR) is 130 cm³/mol. The Labute approximate surface area is 196 Å². The smallest absolute Gasteiger partial charge is 0.313 e. The predicted octanol–water partition coefficient (Wildman–Crippen LogP) is 6.75. The lowest BCUT2D eigenvalue weighted by Gasteiger charge is -2.30. The van der Waals surface area contributed by atoms with Crippen LogP contribution in [0, 0.1) is 5.82 Å². The summed E-state index contributed by atoms with van der Waals surface area (Å²) in [5.74, 6) is 0.969. The van der Waals surface area contributed by atoms with Crippen molar-refractivity contribution < 1.29 is 18.4 Å². The summed E-state index contributed by atoms with van der Waals surface area (Å²) < 4.78 is 28.4. The Morgan fingerprint density at radius 1 is 1.03 bits per heavy atom. The Morgan fingerprint density at radius 3 is 2.44 bits per heavy atom. The molecule has 0 amide bonds. The first-order chi connectivity index (χ1) is 15.6. The summed E-state index contributed by atoms with van der Waals surface area (Å²) in [7, 11) is -2.49. The average Bonchev–Trinajstić information content (AvgIpc) is 3.27. The first-order valence-electron chi connectivity index (χ1n) is 11.5. The van der Waals surface area contributed by atoms with E-state index >= 15 is 0 Å². The quantitative estimate of drug-likeness (QED) is 0.179. The molecular weight excluding hydrogens is 444 g/mol. The first-order valence-corrected chi connectivity index (χ1v) is 13.7.